The topological polar surface area (TPSA) is 66.5 Å². The number of nitrogens with zero attached hydrogens (tertiary/aromatic N) is 1. The molecule has 2 aliphatic heterocycles. The van der Waals surface area contributed by atoms with Gasteiger partial charge >= 0.3 is 0 Å². The van der Waals surface area contributed by atoms with Crippen LogP contribution in [0.1, 0.15) is 46.9 Å². The molecule has 110 valence electrons. The van der Waals surface area contributed by atoms with E-state index in [1.807, 2.05) is 6.92 Å². The lowest BCUT2D eigenvalue weighted by Crippen LogP contribution is -2.47. The lowest BCUT2D eigenvalue weighted by atomic mass is 9.84. The van der Waals surface area contributed by atoms with Crippen molar-refractivity contribution in [2.75, 3.05) is 13.1 Å². The fourth-order valence-electron chi connectivity index (χ4n) is 3.05. The largest absolute Gasteiger partial charge is 0.356 e. The van der Waals surface area contributed by atoms with Crippen molar-refractivity contribution >= 4 is 17.7 Å². The van der Waals surface area contributed by atoms with Gasteiger partial charge in [-0.05, 0) is 31.9 Å². The Morgan fingerprint density at radius 2 is 1.71 bits per heavy atom. The predicted octanol–water partition coefficient (Wildman–Crippen LogP) is 1.59. The third-order valence-corrected chi connectivity index (χ3v) is 4.37. The zero-order chi connectivity index (χ0) is 15.0. The van der Waals surface area contributed by atoms with E-state index in [1.165, 1.54) is 4.90 Å². The summed E-state index contributed by atoms with van der Waals surface area (Å²) in [7, 11) is 0. The minimum atomic E-state index is -0.705. The van der Waals surface area contributed by atoms with E-state index in [9.17, 15) is 14.4 Å². The smallest absolute Gasteiger partial charge is 0.261 e. The molecule has 3 amide bonds. The first kappa shape index (κ1) is 13.8. The average molecular weight is 286 g/mol. The van der Waals surface area contributed by atoms with Crippen LogP contribution in [-0.4, -0.2) is 35.7 Å². The minimum Gasteiger partial charge on any atom is -0.356 e. The molecule has 1 fully saturated rings. The molecular formula is C16H18N2O3. The number of nitrogens with one attached hydrogen (secondary N) is 1. The van der Waals surface area contributed by atoms with Gasteiger partial charge in [-0.2, -0.15) is 0 Å². The highest BCUT2D eigenvalue weighted by Crippen LogP contribution is 2.31. The summed E-state index contributed by atoms with van der Waals surface area (Å²) in [4.78, 5) is 38.2. The predicted molar refractivity (Wildman–Crippen MR) is 76.8 cm³/mol. The van der Waals surface area contributed by atoms with Gasteiger partial charge in [-0.15, -0.1) is 0 Å². The number of benzene rings is 1. The molecule has 2 heterocycles. The highest BCUT2D eigenvalue weighted by Gasteiger charge is 2.43. The maximum Gasteiger partial charge on any atom is 0.261 e. The highest BCUT2D eigenvalue weighted by atomic mass is 16.2. The first-order chi connectivity index (χ1) is 10.0. The molecule has 1 saturated heterocycles. The van der Waals surface area contributed by atoms with E-state index in [4.69, 9.17) is 0 Å². The van der Waals surface area contributed by atoms with Gasteiger partial charge in [-0.3, -0.25) is 19.3 Å². The van der Waals surface area contributed by atoms with Crippen molar-refractivity contribution in [3.63, 3.8) is 0 Å². The third kappa shape index (κ3) is 2.22. The Morgan fingerprint density at radius 1 is 1.10 bits per heavy atom. The van der Waals surface area contributed by atoms with Gasteiger partial charge in [0.1, 0.15) is 0 Å². The summed E-state index contributed by atoms with van der Waals surface area (Å²) in [5, 5.41) is 2.87. The molecule has 3 rings (SSSR count). The Hall–Kier alpha value is -2.17. The number of carbonyl (C=O) groups excluding carboxylic acids is 3. The van der Waals surface area contributed by atoms with Crippen LogP contribution in [0.2, 0.25) is 0 Å². The standard InChI is InChI=1S/C16H18N2O3/c1-16(8-4-5-9-17-15(16)21)10-18-13(19)11-6-2-3-7-12(11)14(18)20/h2-3,6-7H,4-5,8-10H2,1H3,(H,17,21). The summed E-state index contributed by atoms with van der Waals surface area (Å²) in [6.07, 6.45) is 2.54. The molecular weight excluding hydrogens is 268 g/mol. The summed E-state index contributed by atoms with van der Waals surface area (Å²) in [5.74, 6) is -0.667. The number of amides is 3. The van der Waals surface area contributed by atoms with Crippen molar-refractivity contribution in [1.29, 1.82) is 0 Å². The van der Waals surface area contributed by atoms with Crippen molar-refractivity contribution in [3.05, 3.63) is 35.4 Å². The Bertz CT molecular complexity index is 591. The van der Waals surface area contributed by atoms with Crippen LogP contribution in [0.15, 0.2) is 24.3 Å². The molecule has 1 N–H and O–H groups in total. The van der Waals surface area contributed by atoms with Crippen LogP contribution in [0.3, 0.4) is 0 Å². The van der Waals surface area contributed by atoms with Crippen molar-refractivity contribution < 1.29 is 14.4 Å². The second-order valence-electron chi connectivity index (χ2n) is 6.02. The van der Waals surface area contributed by atoms with E-state index in [2.05, 4.69) is 5.32 Å². The SMILES string of the molecule is CC1(CN2C(=O)c3ccccc3C2=O)CCCCNC1=O. The van der Waals surface area contributed by atoms with Gasteiger partial charge < -0.3 is 5.32 Å². The second-order valence-corrected chi connectivity index (χ2v) is 6.02. The Kier molecular flexibility index (Phi) is 3.27. The van der Waals surface area contributed by atoms with Gasteiger partial charge in [-0.1, -0.05) is 18.6 Å². The summed E-state index contributed by atoms with van der Waals surface area (Å²) >= 11 is 0. The van der Waals surface area contributed by atoms with E-state index in [0.29, 0.717) is 24.1 Å². The van der Waals surface area contributed by atoms with Gasteiger partial charge in [0.15, 0.2) is 0 Å². The summed E-state index contributed by atoms with van der Waals surface area (Å²) in [6, 6.07) is 6.80. The van der Waals surface area contributed by atoms with Crippen LogP contribution >= 0.6 is 0 Å². The number of rotatable bonds is 2. The first-order valence-electron chi connectivity index (χ1n) is 7.26. The Balaban J connectivity index is 1.87. The third-order valence-electron chi connectivity index (χ3n) is 4.37. The molecule has 0 saturated carbocycles. The molecule has 2 aliphatic rings. The van der Waals surface area contributed by atoms with E-state index >= 15 is 0 Å². The molecule has 0 aliphatic carbocycles. The molecule has 0 spiro atoms. The zero-order valence-corrected chi connectivity index (χ0v) is 12.0. The fourth-order valence-corrected chi connectivity index (χ4v) is 3.05. The van der Waals surface area contributed by atoms with Crippen LogP contribution in [0.4, 0.5) is 0 Å². The van der Waals surface area contributed by atoms with Crippen LogP contribution in [0.5, 0.6) is 0 Å². The number of fused-ring (bicyclic) bond motifs is 1. The van der Waals surface area contributed by atoms with Crippen LogP contribution in [0.25, 0.3) is 0 Å². The molecule has 21 heavy (non-hydrogen) atoms. The number of imide groups is 1. The van der Waals surface area contributed by atoms with Crippen molar-refractivity contribution in [1.82, 2.24) is 10.2 Å². The summed E-state index contributed by atoms with van der Waals surface area (Å²) < 4.78 is 0. The van der Waals surface area contributed by atoms with Crippen LogP contribution in [0, 0.1) is 5.41 Å². The molecule has 1 aromatic carbocycles. The molecule has 5 nitrogen and oxygen atoms in total. The molecule has 0 radical (unpaired) electrons. The van der Waals surface area contributed by atoms with E-state index < -0.39 is 5.41 Å². The number of hydrogen-bond donors (Lipinski definition) is 1. The molecule has 1 atom stereocenters. The van der Waals surface area contributed by atoms with E-state index in [1.54, 1.807) is 24.3 Å². The number of carbonyl (C=O) groups is 3. The normalized spacial score (nSPS) is 25.6. The maximum absolute atomic E-state index is 12.4. The zero-order valence-electron chi connectivity index (χ0n) is 12.0. The molecule has 0 aromatic heterocycles. The first-order valence-corrected chi connectivity index (χ1v) is 7.26. The molecule has 0 bridgehead atoms. The number of hydrogen-bond acceptors (Lipinski definition) is 3. The van der Waals surface area contributed by atoms with Crippen molar-refractivity contribution in [2.24, 2.45) is 5.41 Å². The fraction of sp³-hybridized carbons (Fsp3) is 0.438. The molecule has 5 heteroatoms. The Morgan fingerprint density at radius 3 is 2.33 bits per heavy atom. The Labute approximate surface area is 123 Å². The monoisotopic (exact) mass is 286 g/mol. The van der Waals surface area contributed by atoms with Crippen LogP contribution in [-0.2, 0) is 4.79 Å². The average Bonchev–Trinajstić information content (AvgIpc) is 2.62. The maximum atomic E-state index is 12.4. The van der Waals surface area contributed by atoms with Gasteiger partial charge in [0.25, 0.3) is 11.8 Å². The summed E-state index contributed by atoms with van der Waals surface area (Å²) in [6.45, 7) is 2.64. The van der Waals surface area contributed by atoms with Crippen molar-refractivity contribution in [3.8, 4) is 0 Å². The molecule has 1 unspecified atom stereocenters. The lowest BCUT2D eigenvalue weighted by Gasteiger charge is -2.30. The lowest BCUT2D eigenvalue weighted by molar-refractivity contribution is -0.130. The van der Waals surface area contributed by atoms with E-state index in [-0.39, 0.29) is 24.3 Å². The van der Waals surface area contributed by atoms with Crippen LogP contribution < -0.4 is 5.32 Å². The van der Waals surface area contributed by atoms with Gasteiger partial charge in [0, 0.05) is 13.1 Å². The van der Waals surface area contributed by atoms with Gasteiger partial charge in [0.2, 0.25) is 5.91 Å². The highest BCUT2D eigenvalue weighted by molar-refractivity contribution is 6.21. The van der Waals surface area contributed by atoms with Crippen molar-refractivity contribution in [2.45, 2.75) is 26.2 Å². The minimum absolute atomic E-state index is 0.0726. The quantitative estimate of drug-likeness (QED) is 0.840. The van der Waals surface area contributed by atoms with Gasteiger partial charge in [0.05, 0.1) is 16.5 Å². The molecule has 1 aromatic rings. The summed E-state index contributed by atoms with van der Waals surface area (Å²) in [5.41, 5.74) is 0.157. The van der Waals surface area contributed by atoms with Gasteiger partial charge in [-0.25, -0.2) is 0 Å². The second kappa shape index (κ2) is 4.98. The van der Waals surface area contributed by atoms with E-state index in [0.717, 1.165) is 12.8 Å².